The van der Waals surface area contributed by atoms with E-state index >= 15 is 0 Å². The smallest absolute Gasteiger partial charge is 0.186 e. The summed E-state index contributed by atoms with van der Waals surface area (Å²) in [5.41, 5.74) is 0.600. The molecule has 1 unspecified atom stereocenters. The van der Waals surface area contributed by atoms with E-state index in [1.807, 2.05) is 0 Å². The van der Waals surface area contributed by atoms with E-state index in [4.69, 9.17) is 4.74 Å². The van der Waals surface area contributed by atoms with Gasteiger partial charge in [-0.2, -0.15) is 0 Å². The van der Waals surface area contributed by atoms with E-state index in [0.29, 0.717) is 24.6 Å². The lowest BCUT2D eigenvalue weighted by molar-refractivity contribution is 0.193. The molecular formula is C11H10F2N2O. The van der Waals surface area contributed by atoms with Crippen LogP contribution in [0.5, 0.6) is 0 Å². The summed E-state index contributed by atoms with van der Waals surface area (Å²) in [7, 11) is 0. The predicted octanol–water partition coefficient (Wildman–Crippen LogP) is 2.35. The fraction of sp³-hybridized carbons (Fsp3) is 0.364. The number of hydrogen-bond acceptors (Lipinski definition) is 2. The molecule has 0 spiro atoms. The summed E-state index contributed by atoms with van der Waals surface area (Å²) < 4.78 is 31.6. The van der Waals surface area contributed by atoms with Crippen LogP contribution in [0.2, 0.25) is 0 Å². The van der Waals surface area contributed by atoms with Crippen molar-refractivity contribution in [3.8, 4) is 0 Å². The maximum Gasteiger partial charge on any atom is 0.186 e. The Balaban J connectivity index is 2.11. The van der Waals surface area contributed by atoms with Crippen LogP contribution in [0.3, 0.4) is 0 Å². The highest BCUT2D eigenvalue weighted by atomic mass is 19.2. The zero-order chi connectivity index (χ0) is 11.1. The number of aromatic nitrogens is 2. The quantitative estimate of drug-likeness (QED) is 0.807. The molecule has 2 heterocycles. The number of aromatic amines is 1. The molecule has 16 heavy (non-hydrogen) atoms. The Morgan fingerprint density at radius 1 is 1.38 bits per heavy atom. The minimum Gasteiger partial charge on any atom is -0.381 e. The molecule has 1 aliphatic heterocycles. The Bertz CT molecular complexity index is 532. The first-order valence-electron chi connectivity index (χ1n) is 5.17. The van der Waals surface area contributed by atoms with Crippen LogP contribution in [0.15, 0.2) is 12.1 Å². The van der Waals surface area contributed by atoms with E-state index in [2.05, 4.69) is 9.97 Å². The van der Waals surface area contributed by atoms with Crippen molar-refractivity contribution in [2.24, 2.45) is 0 Å². The average Bonchev–Trinajstić information content (AvgIpc) is 2.91. The number of benzene rings is 1. The summed E-state index contributed by atoms with van der Waals surface area (Å²) in [5.74, 6) is -0.918. The third kappa shape index (κ3) is 1.39. The number of hydrogen-bond donors (Lipinski definition) is 1. The molecule has 1 fully saturated rings. The largest absolute Gasteiger partial charge is 0.381 e. The van der Waals surface area contributed by atoms with Crippen LogP contribution in [-0.4, -0.2) is 23.2 Å². The zero-order valence-corrected chi connectivity index (χ0v) is 8.46. The van der Waals surface area contributed by atoms with Gasteiger partial charge in [0.2, 0.25) is 0 Å². The zero-order valence-electron chi connectivity index (χ0n) is 8.46. The minimum absolute atomic E-state index is 0.0712. The van der Waals surface area contributed by atoms with Crippen molar-refractivity contribution in [1.82, 2.24) is 9.97 Å². The molecule has 0 bridgehead atoms. The Hall–Kier alpha value is -1.49. The Kier molecular flexibility index (Phi) is 2.14. The van der Waals surface area contributed by atoms with Gasteiger partial charge < -0.3 is 9.72 Å². The maximum atomic E-state index is 13.4. The van der Waals surface area contributed by atoms with Crippen molar-refractivity contribution in [2.45, 2.75) is 12.3 Å². The van der Waals surface area contributed by atoms with Crippen LogP contribution in [-0.2, 0) is 4.74 Å². The second-order valence-corrected chi connectivity index (χ2v) is 3.94. The van der Waals surface area contributed by atoms with Crippen LogP contribution in [0.4, 0.5) is 8.78 Å². The molecule has 84 valence electrons. The van der Waals surface area contributed by atoms with Gasteiger partial charge in [0, 0.05) is 12.5 Å². The second-order valence-electron chi connectivity index (χ2n) is 3.94. The summed E-state index contributed by atoms with van der Waals surface area (Å²) in [6.07, 6.45) is 0.865. The molecule has 3 rings (SSSR count). The van der Waals surface area contributed by atoms with Crippen molar-refractivity contribution in [3.05, 3.63) is 29.6 Å². The Labute approximate surface area is 90.4 Å². The standard InChI is InChI=1S/C11H10F2N2O/c12-7-1-2-8-10(9(7)13)15-11(14-8)6-3-4-16-5-6/h1-2,6H,3-5H2,(H,14,15). The van der Waals surface area contributed by atoms with Crippen molar-refractivity contribution < 1.29 is 13.5 Å². The summed E-state index contributed by atoms with van der Waals surface area (Å²) >= 11 is 0. The first-order valence-corrected chi connectivity index (χ1v) is 5.17. The number of halogens is 2. The SMILES string of the molecule is Fc1ccc2[nH]c(C3CCOC3)nc2c1F. The van der Waals surface area contributed by atoms with Gasteiger partial charge in [-0.1, -0.05) is 0 Å². The van der Waals surface area contributed by atoms with E-state index in [1.54, 1.807) is 0 Å². The van der Waals surface area contributed by atoms with Gasteiger partial charge in [0.25, 0.3) is 0 Å². The molecule has 1 aromatic heterocycles. The summed E-state index contributed by atoms with van der Waals surface area (Å²) in [6, 6.07) is 2.60. The predicted molar refractivity (Wildman–Crippen MR) is 54.2 cm³/mol. The lowest BCUT2D eigenvalue weighted by Crippen LogP contribution is -1.99. The molecule has 0 radical (unpaired) electrons. The van der Waals surface area contributed by atoms with Crippen molar-refractivity contribution >= 4 is 11.0 Å². The lowest BCUT2D eigenvalue weighted by atomic mass is 10.1. The molecule has 1 aliphatic rings. The normalized spacial score (nSPS) is 20.8. The van der Waals surface area contributed by atoms with Gasteiger partial charge in [0.05, 0.1) is 12.1 Å². The van der Waals surface area contributed by atoms with Gasteiger partial charge in [-0.05, 0) is 18.6 Å². The molecule has 3 nitrogen and oxygen atoms in total. The summed E-state index contributed by atoms with van der Waals surface area (Å²) in [4.78, 5) is 7.11. The second kappa shape index (κ2) is 3.52. The van der Waals surface area contributed by atoms with Crippen LogP contribution in [0.1, 0.15) is 18.2 Å². The van der Waals surface area contributed by atoms with Gasteiger partial charge in [-0.3, -0.25) is 0 Å². The third-order valence-electron chi connectivity index (χ3n) is 2.88. The van der Waals surface area contributed by atoms with Gasteiger partial charge >= 0.3 is 0 Å². The van der Waals surface area contributed by atoms with Crippen LogP contribution in [0, 0.1) is 11.6 Å². The molecule has 0 aliphatic carbocycles. The molecular weight excluding hydrogens is 214 g/mol. The maximum absolute atomic E-state index is 13.4. The molecule has 5 heteroatoms. The molecule has 0 amide bonds. The van der Waals surface area contributed by atoms with Gasteiger partial charge in [0.15, 0.2) is 11.6 Å². The van der Waals surface area contributed by atoms with Crippen molar-refractivity contribution in [1.29, 1.82) is 0 Å². The Morgan fingerprint density at radius 3 is 3.00 bits per heavy atom. The van der Waals surface area contributed by atoms with E-state index in [-0.39, 0.29) is 11.4 Å². The van der Waals surface area contributed by atoms with E-state index in [9.17, 15) is 8.78 Å². The minimum atomic E-state index is -0.890. The van der Waals surface area contributed by atoms with E-state index in [0.717, 1.165) is 12.5 Å². The fourth-order valence-electron chi connectivity index (χ4n) is 1.98. The Morgan fingerprint density at radius 2 is 2.25 bits per heavy atom. The van der Waals surface area contributed by atoms with E-state index in [1.165, 1.54) is 6.07 Å². The first-order chi connectivity index (χ1) is 7.75. The molecule has 1 saturated heterocycles. The fourth-order valence-corrected chi connectivity index (χ4v) is 1.98. The van der Waals surface area contributed by atoms with Crippen LogP contribution in [0.25, 0.3) is 11.0 Å². The monoisotopic (exact) mass is 224 g/mol. The van der Waals surface area contributed by atoms with Crippen molar-refractivity contribution in [2.75, 3.05) is 13.2 Å². The van der Waals surface area contributed by atoms with Gasteiger partial charge in [-0.15, -0.1) is 0 Å². The first kappa shape index (κ1) is 9.72. The molecule has 1 aromatic carbocycles. The van der Waals surface area contributed by atoms with Crippen LogP contribution < -0.4 is 0 Å². The average molecular weight is 224 g/mol. The van der Waals surface area contributed by atoms with Crippen LogP contribution >= 0.6 is 0 Å². The van der Waals surface area contributed by atoms with Gasteiger partial charge in [0.1, 0.15) is 11.3 Å². The highest BCUT2D eigenvalue weighted by molar-refractivity contribution is 5.75. The highest BCUT2D eigenvalue weighted by Gasteiger charge is 2.22. The third-order valence-corrected chi connectivity index (χ3v) is 2.88. The number of fused-ring (bicyclic) bond motifs is 1. The van der Waals surface area contributed by atoms with Crippen molar-refractivity contribution in [3.63, 3.8) is 0 Å². The summed E-state index contributed by atoms with van der Waals surface area (Å²) in [5, 5.41) is 0. The number of nitrogens with zero attached hydrogens (tertiary/aromatic N) is 1. The topological polar surface area (TPSA) is 37.9 Å². The number of nitrogens with one attached hydrogen (secondary N) is 1. The molecule has 1 atom stereocenters. The molecule has 1 N–H and O–H groups in total. The number of ether oxygens (including phenoxy) is 1. The molecule has 0 saturated carbocycles. The highest BCUT2D eigenvalue weighted by Crippen LogP contribution is 2.26. The number of imidazole rings is 1. The number of H-pyrrole nitrogens is 1. The molecule has 2 aromatic rings. The van der Waals surface area contributed by atoms with Gasteiger partial charge in [-0.25, -0.2) is 13.8 Å². The lowest BCUT2D eigenvalue weighted by Gasteiger charge is -2.00. The summed E-state index contributed by atoms with van der Waals surface area (Å²) in [6.45, 7) is 1.28. The van der Waals surface area contributed by atoms with E-state index < -0.39 is 11.6 Å². The number of rotatable bonds is 1.